The molecule has 2 aliphatic carbocycles. The maximum atomic E-state index is 12.7. The standard InChI is InChI=1S/C16H28N2O2.ClH/c19-16(10-14-12-20-9-8-17-14)18(11-13-6-7-13)15-4-2-1-3-5-15;/h13-15,17H,1-12H2;1H. The van der Waals surface area contributed by atoms with Crippen molar-refractivity contribution in [2.24, 2.45) is 5.92 Å². The minimum absolute atomic E-state index is 0. The van der Waals surface area contributed by atoms with E-state index in [4.69, 9.17) is 4.74 Å². The highest BCUT2D eigenvalue weighted by Gasteiger charge is 2.32. The average Bonchev–Trinajstić information content (AvgIpc) is 3.31. The number of rotatable bonds is 5. The van der Waals surface area contributed by atoms with Crippen molar-refractivity contribution in [1.82, 2.24) is 10.2 Å². The van der Waals surface area contributed by atoms with Crippen molar-refractivity contribution in [2.75, 3.05) is 26.3 Å². The Morgan fingerprint density at radius 2 is 1.90 bits per heavy atom. The van der Waals surface area contributed by atoms with Crippen molar-refractivity contribution in [2.45, 2.75) is 63.5 Å². The predicted octanol–water partition coefficient (Wildman–Crippen LogP) is 2.36. The summed E-state index contributed by atoms with van der Waals surface area (Å²) in [6, 6.07) is 0.739. The third kappa shape index (κ3) is 5.11. The van der Waals surface area contributed by atoms with Crippen molar-refractivity contribution in [3.8, 4) is 0 Å². The molecule has 1 amide bonds. The molecule has 0 aromatic carbocycles. The summed E-state index contributed by atoms with van der Waals surface area (Å²) in [5.41, 5.74) is 0. The fourth-order valence-electron chi connectivity index (χ4n) is 3.50. The summed E-state index contributed by atoms with van der Waals surface area (Å²) in [6.07, 6.45) is 9.62. The van der Waals surface area contributed by atoms with E-state index >= 15 is 0 Å². The fraction of sp³-hybridized carbons (Fsp3) is 0.938. The molecule has 3 fully saturated rings. The lowest BCUT2D eigenvalue weighted by Gasteiger charge is -2.36. The van der Waals surface area contributed by atoms with Gasteiger partial charge in [0.05, 0.1) is 13.2 Å². The van der Waals surface area contributed by atoms with E-state index in [2.05, 4.69) is 10.2 Å². The van der Waals surface area contributed by atoms with Crippen molar-refractivity contribution in [3.63, 3.8) is 0 Å². The number of halogens is 1. The van der Waals surface area contributed by atoms with Crippen molar-refractivity contribution >= 4 is 18.3 Å². The molecule has 0 spiro atoms. The first kappa shape index (κ1) is 17.0. The van der Waals surface area contributed by atoms with Crippen LogP contribution in [0.25, 0.3) is 0 Å². The number of hydrogen-bond donors (Lipinski definition) is 1. The largest absolute Gasteiger partial charge is 0.378 e. The third-order valence-corrected chi connectivity index (χ3v) is 4.91. The number of carbonyl (C=O) groups is 1. The molecule has 0 bridgehead atoms. The van der Waals surface area contributed by atoms with Gasteiger partial charge in [-0.2, -0.15) is 0 Å². The van der Waals surface area contributed by atoms with Crippen LogP contribution in [0.1, 0.15) is 51.4 Å². The molecule has 5 heteroatoms. The van der Waals surface area contributed by atoms with Gasteiger partial charge in [0.2, 0.25) is 5.91 Å². The van der Waals surface area contributed by atoms with E-state index in [1.807, 2.05) is 0 Å². The van der Waals surface area contributed by atoms with E-state index in [1.165, 1.54) is 44.9 Å². The highest BCUT2D eigenvalue weighted by Crippen LogP contribution is 2.33. The lowest BCUT2D eigenvalue weighted by molar-refractivity contribution is -0.135. The number of ether oxygens (including phenoxy) is 1. The molecule has 1 aliphatic heterocycles. The molecule has 3 rings (SSSR count). The Labute approximate surface area is 134 Å². The van der Waals surface area contributed by atoms with Gasteiger partial charge in [-0.25, -0.2) is 0 Å². The van der Waals surface area contributed by atoms with Crippen LogP contribution in [-0.2, 0) is 9.53 Å². The molecule has 21 heavy (non-hydrogen) atoms. The molecule has 3 aliphatic rings. The van der Waals surface area contributed by atoms with E-state index in [1.54, 1.807) is 0 Å². The van der Waals surface area contributed by atoms with Crippen LogP contribution >= 0.6 is 12.4 Å². The second kappa shape index (κ2) is 8.35. The van der Waals surface area contributed by atoms with Gasteiger partial charge in [-0.15, -0.1) is 12.4 Å². The molecule has 1 heterocycles. The third-order valence-electron chi connectivity index (χ3n) is 4.91. The van der Waals surface area contributed by atoms with Gasteiger partial charge >= 0.3 is 0 Å². The zero-order chi connectivity index (χ0) is 13.8. The lowest BCUT2D eigenvalue weighted by atomic mass is 9.93. The zero-order valence-electron chi connectivity index (χ0n) is 12.9. The second-order valence-electron chi connectivity index (χ2n) is 6.71. The summed E-state index contributed by atoms with van der Waals surface area (Å²) in [7, 11) is 0. The minimum Gasteiger partial charge on any atom is -0.378 e. The van der Waals surface area contributed by atoms with E-state index < -0.39 is 0 Å². The van der Waals surface area contributed by atoms with Crippen molar-refractivity contribution in [1.29, 1.82) is 0 Å². The van der Waals surface area contributed by atoms with Crippen LogP contribution in [0.3, 0.4) is 0 Å². The highest BCUT2D eigenvalue weighted by atomic mass is 35.5. The quantitative estimate of drug-likeness (QED) is 0.846. The molecule has 0 radical (unpaired) electrons. The maximum absolute atomic E-state index is 12.7. The Bertz CT molecular complexity index is 324. The van der Waals surface area contributed by atoms with E-state index in [0.717, 1.165) is 25.6 Å². The molecule has 122 valence electrons. The average molecular weight is 317 g/mol. The first-order chi connectivity index (χ1) is 9.83. The Hall–Kier alpha value is -0.320. The zero-order valence-corrected chi connectivity index (χ0v) is 13.7. The van der Waals surface area contributed by atoms with E-state index in [0.29, 0.717) is 25.0 Å². The Balaban J connectivity index is 0.00000161. The van der Waals surface area contributed by atoms with Gasteiger partial charge in [-0.3, -0.25) is 4.79 Å². The number of nitrogens with zero attached hydrogens (tertiary/aromatic N) is 1. The molecule has 4 nitrogen and oxygen atoms in total. The van der Waals surface area contributed by atoms with Crippen LogP contribution in [-0.4, -0.2) is 49.2 Å². The van der Waals surface area contributed by atoms with Gasteiger partial charge in [-0.1, -0.05) is 19.3 Å². The summed E-state index contributed by atoms with van der Waals surface area (Å²) in [5.74, 6) is 1.14. The van der Waals surface area contributed by atoms with Gasteiger partial charge < -0.3 is 15.0 Å². The summed E-state index contributed by atoms with van der Waals surface area (Å²) in [6.45, 7) is 3.36. The minimum atomic E-state index is 0. The van der Waals surface area contributed by atoms with Crippen LogP contribution in [0, 0.1) is 5.92 Å². The van der Waals surface area contributed by atoms with Crippen LogP contribution in [0.4, 0.5) is 0 Å². The lowest BCUT2D eigenvalue weighted by Crippen LogP contribution is -2.48. The highest BCUT2D eigenvalue weighted by molar-refractivity contribution is 5.85. The molecule has 0 aromatic heterocycles. The topological polar surface area (TPSA) is 41.6 Å². The fourth-order valence-corrected chi connectivity index (χ4v) is 3.50. The summed E-state index contributed by atoms with van der Waals surface area (Å²) in [5, 5.41) is 3.40. The van der Waals surface area contributed by atoms with Crippen LogP contribution in [0.5, 0.6) is 0 Å². The maximum Gasteiger partial charge on any atom is 0.224 e. The Morgan fingerprint density at radius 1 is 1.14 bits per heavy atom. The monoisotopic (exact) mass is 316 g/mol. The second-order valence-corrected chi connectivity index (χ2v) is 6.71. The SMILES string of the molecule is Cl.O=C(CC1COCCN1)N(CC1CC1)C1CCCCC1. The summed E-state index contributed by atoms with van der Waals surface area (Å²) < 4.78 is 5.47. The number of morpholine rings is 1. The molecule has 1 saturated heterocycles. The van der Waals surface area contributed by atoms with Gasteiger partial charge in [0.1, 0.15) is 0 Å². The number of nitrogens with one attached hydrogen (secondary N) is 1. The number of hydrogen-bond acceptors (Lipinski definition) is 3. The molecule has 2 saturated carbocycles. The van der Waals surface area contributed by atoms with Gasteiger partial charge in [0, 0.05) is 31.6 Å². The molecular weight excluding hydrogens is 288 g/mol. The molecule has 0 aromatic rings. The van der Waals surface area contributed by atoms with Crippen LogP contribution in [0.2, 0.25) is 0 Å². The predicted molar refractivity (Wildman–Crippen MR) is 85.8 cm³/mol. The van der Waals surface area contributed by atoms with Crippen LogP contribution < -0.4 is 5.32 Å². The van der Waals surface area contributed by atoms with Gasteiger partial charge in [0.15, 0.2) is 0 Å². The first-order valence-corrected chi connectivity index (χ1v) is 8.43. The molecule has 1 unspecified atom stereocenters. The van der Waals surface area contributed by atoms with Crippen LogP contribution in [0.15, 0.2) is 0 Å². The van der Waals surface area contributed by atoms with Gasteiger partial charge in [0.25, 0.3) is 0 Å². The number of carbonyl (C=O) groups excluding carboxylic acids is 1. The Kier molecular flexibility index (Phi) is 6.77. The molecule has 1 N–H and O–H groups in total. The van der Waals surface area contributed by atoms with Gasteiger partial charge in [-0.05, 0) is 31.6 Å². The summed E-state index contributed by atoms with van der Waals surface area (Å²) >= 11 is 0. The molecular formula is C16H29ClN2O2. The Morgan fingerprint density at radius 3 is 2.52 bits per heavy atom. The van der Waals surface area contributed by atoms with E-state index in [9.17, 15) is 4.79 Å². The normalized spacial score (nSPS) is 27.0. The first-order valence-electron chi connectivity index (χ1n) is 8.43. The van der Waals surface area contributed by atoms with Crippen molar-refractivity contribution < 1.29 is 9.53 Å². The molecule has 1 atom stereocenters. The van der Waals surface area contributed by atoms with E-state index in [-0.39, 0.29) is 18.4 Å². The number of amides is 1. The van der Waals surface area contributed by atoms with Crippen molar-refractivity contribution in [3.05, 3.63) is 0 Å². The smallest absolute Gasteiger partial charge is 0.224 e. The summed E-state index contributed by atoms with van der Waals surface area (Å²) in [4.78, 5) is 14.9.